The zero-order chi connectivity index (χ0) is 19.9. The van der Waals surface area contributed by atoms with Crippen LogP contribution >= 0.6 is 0 Å². The van der Waals surface area contributed by atoms with Gasteiger partial charge in [-0.1, -0.05) is 18.2 Å². The number of para-hydroxylation sites is 1. The lowest BCUT2D eigenvalue weighted by atomic mass is 9.95. The van der Waals surface area contributed by atoms with Gasteiger partial charge in [0.2, 0.25) is 10.0 Å². The Hall–Kier alpha value is -1.85. The lowest BCUT2D eigenvalue weighted by Crippen LogP contribution is -2.49. The maximum Gasteiger partial charge on any atom is 0.243 e. The van der Waals surface area contributed by atoms with Gasteiger partial charge >= 0.3 is 0 Å². The Morgan fingerprint density at radius 1 is 0.704 bits per heavy atom. The maximum atomic E-state index is 13.5. The Labute approximate surface area is 163 Å². The summed E-state index contributed by atoms with van der Waals surface area (Å²) in [6, 6.07) is 8.28. The normalized spacial score (nSPS) is 16.0. The molecule has 1 heterocycles. The fraction of sp³-hybridized carbons (Fsp3) is 0.455. The van der Waals surface area contributed by atoms with Gasteiger partial charge in [0.05, 0.1) is 4.90 Å². The summed E-state index contributed by atoms with van der Waals surface area (Å²) in [5.41, 5.74) is 7.54. The van der Waals surface area contributed by atoms with Gasteiger partial charge in [-0.3, -0.25) is 0 Å². The first-order valence-corrected chi connectivity index (χ1v) is 11.0. The first-order chi connectivity index (χ1) is 12.7. The molecule has 3 rings (SSSR count). The standard InChI is InChI=1S/C22H30N2O2S/c1-15-9-7-8-10-21(15)23-11-13-24(14-12-23)27(25,26)22-19(5)17(3)16(2)18(4)20(22)6/h7-10H,11-14H2,1-6H3. The molecule has 2 aromatic carbocycles. The van der Waals surface area contributed by atoms with Crippen LogP contribution in [0.2, 0.25) is 0 Å². The Kier molecular flexibility index (Phi) is 5.37. The molecule has 1 fully saturated rings. The highest BCUT2D eigenvalue weighted by Crippen LogP contribution is 2.32. The molecule has 0 N–H and O–H groups in total. The van der Waals surface area contributed by atoms with Crippen molar-refractivity contribution in [1.82, 2.24) is 4.31 Å². The molecule has 0 bridgehead atoms. The van der Waals surface area contributed by atoms with Crippen LogP contribution in [-0.4, -0.2) is 38.9 Å². The SMILES string of the molecule is Cc1ccccc1N1CCN(S(=O)(=O)c2c(C)c(C)c(C)c(C)c2C)CC1. The van der Waals surface area contributed by atoms with E-state index in [0.29, 0.717) is 31.1 Å². The number of nitrogens with zero attached hydrogens (tertiary/aromatic N) is 2. The molecule has 1 saturated heterocycles. The molecule has 0 atom stereocenters. The summed E-state index contributed by atoms with van der Waals surface area (Å²) in [7, 11) is -3.49. The summed E-state index contributed by atoms with van der Waals surface area (Å²) < 4.78 is 28.6. The third-order valence-electron chi connectivity index (χ3n) is 6.22. The predicted molar refractivity (Wildman–Crippen MR) is 112 cm³/mol. The van der Waals surface area contributed by atoms with Gasteiger partial charge in [-0.2, -0.15) is 4.31 Å². The van der Waals surface area contributed by atoms with Crippen molar-refractivity contribution in [3.05, 3.63) is 57.6 Å². The molecule has 0 aromatic heterocycles. The fourth-order valence-corrected chi connectivity index (χ4v) is 6.05. The van der Waals surface area contributed by atoms with Crippen molar-refractivity contribution in [2.75, 3.05) is 31.1 Å². The maximum absolute atomic E-state index is 13.5. The topological polar surface area (TPSA) is 40.6 Å². The zero-order valence-electron chi connectivity index (χ0n) is 17.3. The molecule has 1 aliphatic rings. The van der Waals surface area contributed by atoms with E-state index in [9.17, 15) is 8.42 Å². The van der Waals surface area contributed by atoms with Gasteiger partial charge in [-0.05, 0) is 81.0 Å². The second-order valence-corrected chi connectivity index (χ2v) is 9.51. The minimum absolute atomic E-state index is 0.507. The summed E-state index contributed by atoms with van der Waals surface area (Å²) in [6.07, 6.45) is 0. The van der Waals surface area contributed by atoms with Crippen LogP contribution in [0.15, 0.2) is 29.2 Å². The van der Waals surface area contributed by atoms with E-state index in [2.05, 4.69) is 30.9 Å². The van der Waals surface area contributed by atoms with E-state index >= 15 is 0 Å². The highest BCUT2D eigenvalue weighted by atomic mass is 32.2. The minimum Gasteiger partial charge on any atom is -0.369 e. The van der Waals surface area contributed by atoms with Crippen LogP contribution in [0.5, 0.6) is 0 Å². The van der Waals surface area contributed by atoms with Crippen LogP contribution in [0.4, 0.5) is 5.69 Å². The summed E-state index contributed by atoms with van der Waals surface area (Å²) >= 11 is 0. The van der Waals surface area contributed by atoms with E-state index in [1.54, 1.807) is 4.31 Å². The lowest BCUT2D eigenvalue weighted by molar-refractivity contribution is 0.384. The van der Waals surface area contributed by atoms with Crippen LogP contribution < -0.4 is 4.90 Å². The van der Waals surface area contributed by atoms with Crippen molar-refractivity contribution in [2.24, 2.45) is 0 Å². The fourth-order valence-electron chi connectivity index (χ4n) is 4.07. The average Bonchev–Trinajstić information content (AvgIpc) is 2.65. The molecule has 4 nitrogen and oxygen atoms in total. The number of piperazine rings is 1. The second-order valence-electron chi connectivity index (χ2n) is 7.63. The second kappa shape index (κ2) is 7.28. The quantitative estimate of drug-likeness (QED) is 0.799. The molecule has 5 heteroatoms. The molecular weight excluding hydrogens is 356 g/mol. The van der Waals surface area contributed by atoms with Crippen molar-refractivity contribution >= 4 is 15.7 Å². The van der Waals surface area contributed by atoms with E-state index < -0.39 is 10.0 Å². The molecule has 0 spiro atoms. The van der Waals surface area contributed by atoms with E-state index in [4.69, 9.17) is 0 Å². The molecule has 0 unspecified atom stereocenters. The molecule has 2 aromatic rings. The first-order valence-electron chi connectivity index (χ1n) is 9.54. The van der Waals surface area contributed by atoms with Crippen molar-refractivity contribution in [3.8, 4) is 0 Å². The summed E-state index contributed by atoms with van der Waals surface area (Å²) in [5, 5.41) is 0. The third-order valence-corrected chi connectivity index (χ3v) is 8.40. The van der Waals surface area contributed by atoms with E-state index in [1.165, 1.54) is 16.8 Å². The van der Waals surface area contributed by atoms with Gasteiger partial charge in [0.1, 0.15) is 0 Å². The van der Waals surface area contributed by atoms with Gasteiger partial charge in [-0.15, -0.1) is 0 Å². The highest BCUT2D eigenvalue weighted by Gasteiger charge is 2.32. The number of hydrogen-bond donors (Lipinski definition) is 0. The van der Waals surface area contributed by atoms with Crippen LogP contribution in [-0.2, 0) is 10.0 Å². The number of sulfonamides is 1. The van der Waals surface area contributed by atoms with Gasteiger partial charge in [0.15, 0.2) is 0 Å². The molecule has 0 aliphatic carbocycles. The number of aryl methyl sites for hydroxylation is 1. The molecule has 146 valence electrons. The molecule has 0 amide bonds. The Bertz CT molecular complexity index is 943. The van der Waals surface area contributed by atoms with Crippen molar-refractivity contribution in [1.29, 1.82) is 0 Å². The van der Waals surface area contributed by atoms with Crippen LogP contribution in [0.3, 0.4) is 0 Å². The predicted octanol–water partition coefficient (Wildman–Crippen LogP) is 4.05. The molecule has 0 saturated carbocycles. The number of hydrogen-bond acceptors (Lipinski definition) is 3. The van der Waals surface area contributed by atoms with E-state index in [0.717, 1.165) is 22.3 Å². The highest BCUT2D eigenvalue weighted by molar-refractivity contribution is 7.89. The molecule has 1 aliphatic heterocycles. The van der Waals surface area contributed by atoms with Crippen molar-refractivity contribution in [2.45, 2.75) is 46.4 Å². The van der Waals surface area contributed by atoms with Crippen LogP contribution in [0, 0.1) is 41.5 Å². The van der Waals surface area contributed by atoms with Crippen molar-refractivity contribution in [3.63, 3.8) is 0 Å². The average molecular weight is 387 g/mol. The molecular formula is C22H30N2O2S. The van der Waals surface area contributed by atoms with Gasteiger partial charge < -0.3 is 4.90 Å². The van der Waals surface area contributed by atoms with Gasteiger partial charge in [0.25, 0.3) is 0 Å². The Morgan fingerprint density at radius 3 is 1.70 bits per heavy atom. The third kappa shape index (κ3) is 3.39. The van der Waals surface area contributed by atoms with E-state index in [-0.39, 0.29) is 0 Å². The van der Waals surface area contributed by atoms with Gasteiger partial charge in [-0.25, -0.2) is 8.42 Å². The summed E-state index contributed by atoms with van der Waals surface area (Å²) in [5.74, 6) is 0. The number of rotatable bonds is 3. The molecule has 27 heavy (non-hydrogen) atoms. The van der Waals surface area contributed by atoms with Crippen LogP contribution in [0.1, 0.15) is 33.4 Å². The van der Waals surface area contributed by atoms with Crippen LogP contribution in [0.25, 0.3) is 0 Å². The van der Waals surface area contributed by atoms with Gasteiger partial charge in [0, 0.05) is 31.9 Å². The number of benzene rings is 2. The monoisotopic (exact) mass is 386 g/mol. The largest absolute Gasteiger partial charge is 0.369 e. The first kappa shape index (κ1) is 19.9. The van der Waals surface area contributed by atoms with Crippen molar-refractivity contribution < 1.29 is 8.42 Å². The number of anilines is 1. The summed E-state index contributed by atoms with van der Waals surface area (Å²) in [4.78, 5) is 2.79. The summed E-state index contributed by atoms with van der Waals surface area (Å²) in [6.45, 7) is 14.5. The Morgan fingerprint density at radius 2 is 1.19 bits per heavy atom. The lowest BCUT2D eigenvalue weighted by Gasteiger charge is -2.36. The minimum atomic E-state index is -3.49. The molecule has 0 radical (unpaired) electrons. The Balaban J connectivity index is 1.90. The zero-order valence-corrected chi connectivity index (χ0v) is 18.1. The smallest absolute Gasteiger partial charge is 0.243 e. The van der Waals surface area contributed by atoms with E-state index in [1.807, 2.05) is 39.8 Å².